The normalized spacial score (nSPS) is 15.6. The smallest absolute Gasteiger partial charge is 0.322 e. The van der Waals surface area contributed by atoms with E-state index in [9.17, 15) is 26.8 Å². The van der Waals surface area contributed by atoms with Crippen LogP contribution in [0.3, 0.4) is 0 Å². The number of thiophene rings is 1. The molecule has 3 aromatic rings. The van der Waals surface area contributed by atoms with Crippen LogP contribution in [-0.4, -0.2) is 52.3 Å². The molecule has 4 rings (SSSR count). The Hall–Kier alpha value is -2.90. The van der Waals surface area contributed by atoms with Crippen LogP contribution >= 0.6 is 11.3 Å². The highest BCUT2D eigenvalue weighted by atomic mass is 32.2. The second kappa shape index (κ2) is 9.15. The van der Waals surface area contributed by atoms with Crippen molar-refractivity contribution >= 4 is 33.0 Å². The molecule has 13 heteroatoms. The molecule has 33 heavy (non-hydrogen) atoms. The van der Waals surface area contributed by atoms with Gasteiger partial charge in [0.05, 0.1) is 11.9 Å². The van der Waals surface area contributed by atoms with Crippen LogP contribution in [0.25, 0.3) is 5.00 Å². The van der Waals surface area contributed by atoms with Gasteiger partial charge in [-0.25, -0.2) is 35.5 Å². The summed E-state index contributed by atoms with van der Waals surface area (Å²) in [6.07, 6.45) is 2.11. The first kappa shape index (κ1) is 23.3. The SMILES string of the molecule is CS(=O)(=O)N1CCC(c2nn(CC(=O)Nc3ccc(F)cc3F)c(=O)n2-c2cccs2)CC1. The third-order valence-electron chi connectivity index (χ3n) is 5.38. The first-order valence-corrected chi connectivity index (χ1v) is 12.8. The number of benzene rings is 1. The van der Waals surface area contributed by atoms with E-state index in [-0.39, 0.29) is 11.6 Å². The van der Waals surface area contributed by atoms with Crippen molar-refractivity contribution in [3.63, 3.8) is 0 Å². The van der Waals surface area contributed by atoms with Gasteiger partial charge in [0.2, 0.25) is 15.9 Å². The highest BCUT2D eigenvalue weighted by Gasteiger charge is 2.31. The summed E-state index contributed by atoms with van der Waals surface area (Å²) in [5.74, 6) is -2.15. The van der Waals surface area contributed by atoms with Gasteiger partial charge in [0, 0.05) is 25.1 Å². The molecule has 1 aromatic carbocycles. The largest absolute Gasteiger partial charge is 0.351 e. The Bertz CT molecular complexity index is 1330. The zero-order valence-electron chi connectivity index (χ0n) is 17.6. The lowest BCUT2D eigenvalue weighted by Crippen LogP contribution is -2.37. The maximum Gasteiger partial charge on any atom is 0.351 e. The maximum absolute atomic E-state index is 13.9. The average Bonchev–Trinajstić information content (AvgIpc) is 3.38. The first-order valence-electron chi connectivity index (χ1n) is 10.1. The summed E-state index contributed by atoms with van der Waals surface area (Å²) in [7, 11) is -3.31. The lowest BCUT2D eigenvalue weighted by atomic mass is 9.97. The van der Waals surface area contributed by atoms with Gasteiger partial charge < -0.3 is 5.32 Å². The Labute approximate surface area is 192 Å². The number of hydrogen-bond acceptors (Lipinski definition) is 6. The van der Waals surface area contributed by atoms with E-state index < -0.39 is 39.8 Å². The molecular formula is C20H21F2N5O4S2. The quantitative estimate of drug-likeness (QED) is 0.562. The molecule has 1 amide bonds. The van der Waals surface area contributed by atoms with Crippen LogP contribution in [0.2, 0.25) is 0 Å². The monoisotopic (exact) mass is 497 g/mol. The van der Waals surface area contributed by atoms with Crippen LogP contribution in [0.4, 0.5) is 14.5 Å². The van der Waals surface area contributed by atoms with Crippen LogP contribution in [0, 0.1) is 11.6 Å². The molecule has 176 valence electrons. The van der Waals surface area contributed by atoms with E-state index in [4.69, 9.17) is 0 Å². The summed E-state index contributed by atoms with van der Waals surface area (Å²) in [6, 6.07) is 6.28. The third-order valence-corrected chi connectivity index (χ3v) is 7.53. The van der Waals surface area contributed by atoms with Crippen LogP contribution < -0.4 is 11.0 Å². The van der Waals surface area contributed by atoms with Crippen LogP contribution in [0.1, 0.15) is 24.6 Å². The lowest BCUT2D eigenvalue weighted by molar-refractivity contribution is -0.117. The van der Waals surface area contributed by atoms with Crippen LogP contribution in [0.15, 0.2) is 40.5 Å². The Morgan fingerprint density at radius 3 is 2.58 bits per heavy atom. The molecule has 0 saturated carbocycles. The minimum atomic E-state index is -3.31. The standard InChI is InChI=1S/C20H21F2N5O4S2/c1-33(30,31)25-8-6-13(7-9-25)19-24-26(20(29)27(19)18-3-2-10-32-18)12-17(28)23-16-5-4-14(21)11-15(16)22/h2-5,10-11,13H,6-9,12H2,1H3,(H,23,28). The van der Waals surface area contributed by atoms with Gasteiger partial charge in [-0.15, -0.1) is 11.3 Å². The molecule has 2 aromatic heterocycles. The molecule has 1 aliphatic heterocycles. The van der Waals surface area contributed by atoms with Gasteiger partial charge in [-0.3, -0.25) is 4.79 Å². The number of anilines is 1. The number of rotatable bonds is 6. The molecule has 1 fully saturated rings. The number of carbonyl (C=O) groups is 1. The molecule has 9 nitrogen and oxygen atoms in total. The van der Waals surface area contributed by atoms with Crippen LogP contribution in [0.5, 0.6) is 0 Å². The number of nitrogens with one attached hydrogen (secondary N) is 1. The number of halogens is 2. The molecule has 0 atom stereocenters. The van der Waals surface area contributed by atoms with Crippen molar-refractivity contribution in [2.45, 2.75) is 25.3 Å². The van der Waals surface area contributed by atoms with E-state index in [0.717, 1.165) is 23.1 Å². The summed E-state index contributed by atoms with van der Waals surface area (Å²) in [4.78, 5) is 25.6. The molecule has 1 aliphatic rings. The van der Waals surface area contributed by atoms with Crippen molar-refractivity contribution in [1.82, 2.24) is 18.7 Å². The van der Waals surface area contributed by atoms with Gasteiger partial charge in [0.25, 0.3) is 0 Å². The number of nitrogens with zero attached hydrogens (tertiary/aromatic N) is 4. The topological polar surface area (TPSA) is 106 Å². The van der Waals surface area contributed by atoms with Crippen molar-refractivity contribution in [2.24, 2.45) is 0 Å². The number of sulfonamides is 1. The van der Waals surface area contributed by atoms with E-state index >= 15 is 0 Å². The average molecular weight is 498 g/mol. The van der Waals surface area contributed by atoms with Gasteiger partial charge in [-0.1, -0.05) is 0 Å². The predicted molar refractivity (Wildman–Crippen MR) is 119 cm³/mol. The molecule has 0 unspecified atom stereocenters. The van der Waals surface area contributed by atoms with Crippen molar-refractivity contribution in [3.05, 3.63) is 63.7 Å². The lowest BCUT2D eigenvalue weighted by Gasteiger charge is -2.29. The number of carbonyl (C=O) groups excluding carboxylic acids is 1. The summed E-state index contributed by atoms with van der Waals surface area (Å²) in [6.45, 7) is 0.141. The minimum Gasteiger partial charge on any atom is -0.322 e. The van der Waals surface area contributed by atoms with Gasteiger partial charge in [0.1, 0.15) is 29.0 Å². The number of amides is 1. The number of aromatic nitrogens is 3. The Morgan fingerprint density at radius 2 is 1.97 bits per heavy atom. The zero-order chi connectivity index (χ0) is 23.8. The predicted octanol–water partition coefficient (Wildman–Crippen LogP) is 2.15. The summed E-state index contributed by atoms with van der Waals surface area (Å²) >= 11 is 1.33. The highest BCUT2D eigenvalue weighted by molar-refractivity contribution is 7.88. The number of hydrogen-bond donors (Lipinski definition) is 1. The first-order chi connectivity index (χ1) is 15.6. The highest BCUT2D eigenvalue weighted by Crippen LogP contribution is 2.29. The van der Waals surface area contributed by atoms with Crippen molar-refractivity contribution in [2.75, 3.05) is 24.7 Å². The molecule has 0 spiro atoms. The molecule has 1 N–H and O–H groups in total. The van der Waals surface area contributed by atoms with Crippen LogP contribution in [-0.2, 0) is 21.4 Å². The molecule has 0 aliphatic carbocycles. The molecule has 0 bridgehead atoms. The van der Waals surface area contributed by atoms with E-state index in [1.807, 2.05) is 0 Å². The molecule has 1 saturated heterocycles. The fraction of sp³-hybridized carbons (Fsp3) is 0.350. The third kappa shape index (κ3) is 5.04. The Morgan fingerprint density at radius 1 is 1.24 bits per heavy atom. The summed E-state index contributed by atoms with van der Waals surface area (Å²) in [5, 5.41) is 9.13. The second-order valence-corrected chi connectivity index (χ2v) is 10.6. The molecule has 3 heterocycles. The van der Waals surface area contributed by atoms with E-state index in [0.29, 0.717) is 42.8 Å². The minimum absolute atomic E-state index is 0.184. The van der Waals surface area contributed by atoms with Gasteiger partial charge in [0.15, 0.2) is 0 Å². The van der Waals surface area contributed by atoms with E-state index in [1.165, 1.54) is 20.2 Å². The van der Waals surface area contributed by atoms with Gasteiger partial charge in [-0.2, -0.15) is 5.10 Å². The fourth-order valence-corrected chi connectivity index (χ4v) is 5.36. The molecular weight excluding hydrogens is 476 g/mol. The zero-order valence-corrected chi connectivity index (χ0v) is 19.2. The van der Waals surface area contributed by atoms with Crippen molar-refractivity contribution in [1.29, 1.82) is 0 Å². The van der Waals surface area contributed by atoms with Crippen molar-refractivity contribution < 1.29 is 22.0 Å². The van der Waals surface area contributed by atoms with Crippen molar-refractivity contribution in [3.8, 4) is 5.00 Å². The van der Waals surface area contributed by atoms with Gasteiger partial charge >= 0.3 is 5.69 Å². The van der Waals surface area contributed by atoms with E-state index in [2.05, 4.69) is 10.4 Å². The second-order valence-electron chi connectivity index (χ2n) is 7.69. The Balaban J connectivity index is 1.60. The molecule has 0 radical (unpaired) electrons. The summed E-state index contributed by atoms with van der Waals surface area (Å²) in [5.41, 5.74) is -0.742. The van der Waals surface area contributed by atoms with Gasteiger partial charge in [-0.05, 0) is 42.5 Å². The Kier molecular flexibility index (Phi) is 6.45. The van der Waals surface area contributed by atoms with E-state index in [1.54, 1.807) is 17.5 Å². The fourth-order valence-electron chi connectivity index (χ4n) is 3.76. The maximum atomic E-state index is 13.9. The summed E-state index contributed by atoms with van der Waals surface area (Å²) < 4.78 is 54.4. The number of piperidine rings is 1.